The first kappa shape index (κ1) is 12.8. The van der Waals surface area contributed by atoms with Gasteiger partial charge >= 0.3 is 0 Å². The average molecular weight is 191 g/mol. The lowest BCUT2D eigenvalue weighted by Gasteiger charge is -2.22. The summed E-state index contributed by atoms with van der Waals surface area (Å²) in [5.74, 6) is 0. The van der Waals surface area contributed by atoms with E-state index in [0.29, 0.717) is 26.1 Å². The third kappa shape index (κ3) is 5.21. The Balaban J connectivity index is 3.94. The Kier molecular flexibility index (Phi) is 8.33. The van der Waals surface area contributed by atoms with E-state index in [1.54, 1.807) is 7.11 Å². The SMILES string of the molecule is CCO[C](OCC)C(OC)OCC. The van der Waals surface area contributed by atoms with Gasteiger partial charge in [-0.15, -0.1) is 0 Å². The molecule has 1 atom stereocenters. The highest BCUT2D eigenvalue weighted by Crippen LogP contribution is 2.14. The molecule has 0 amide bonds. The molecule has 0 spiro atoms. The maximum absolute atomic E-state index is 5.25. The van der Waals surface area contributed by atoms with Crippen LogP contribution in [0, 0.1) is 6.29 Å². The largest absolute Gasteiger partial charge is 0.351 e. The molecule has 4 heteroatoms. The fourth-order valence-corrected chi connectivity index (χ4v) is 0.846. The van der Waals surface area contributed by atoms with Crippen LogP contribution in [0.4, 0.5) is 0 Å². The topological polar surface area (TPSA) is 36.9 Å². The van der Waals surface area contributed by atoms with Crippen molar-refractivity contribution in [1.29, 1.82) is 0 Å². The molecular weight excluding hydrogens is 172 g/mol. The molecular formula is C9H19O4. The first-order valence-corrected chi connectivity index (χ1v) is 4.56. The van der Waals surface area contributed by atoms with Crippen molar-refractivity contribution in [3.8, 4) is 0 Å². The zero-order valence-corrected chi connectivity index (χ0v) is 8.83. The molecule has 0 aromatic rings. The molecule has 0 aromatic heterocycles. The van der Waals surface area contributed by atoms with Gasteiger partial charge in [-0.25, -0.2) is 0 Å². The van der Waals surface area contributed by atoms with Gasteiger partial charge in [-0.3, -0.25) is 0 Å². The standard InChI is InChI=1S/C9H19O4/c1-5-11-8(10-4)9(12-6-2)13-7-3/h8H,5-7H2,1-4H3. The highest BCUT2D eigenvalue weighted by Gasteiger charge is 2.24. The molecule has 0 aliphatic heterocycles. The van der Waals surface area contributed by atoms with Crippen LogP contribution in [0.2, 0.25) is 0 Å². The Morgan fingerprint density at radius 2 is 1.54 bits per heavy atom. The molecule has 0 rings (SSSR count). The quantitative estimate of drug-likeness (QED) is 0.545. The van der Waals surface area contributed by atoms with Gasteiger partial charge in [0.15, 0.2) is 0 Å². The Labute approximate surface area is 80.1 Å². The van der Waals surface area contributed by atoms with Crippen molar-refractivity contribution in [2.75, 3.05) is 26.9 Å². The number of hydrogen-bond acceptors (Lipinski definition) is 4. The average Bonchev–Trinajstić information content (AvgIpc) is 2.14. The fraction of sp³-hybridized carbons (Fsp3) is 0.889. The van der Waals surface area contributed by atoms with E-state index >= 15 is 0 Å². The summed E-state index contributed by atoms with van der Waals surface area (Å²) in [6.45, 7) is 7.31. The van der Waals surface area contributed by atoms with E-state index in [4.69, 9.17) is 18.9 Å². The van der Waals surface area contributed by atoms with Gasteiger partial charge in [0, 0.05) is 26.9 Å². The summed E-state index contributed by atoms with van der Waals surface area (Å²) in [7, 11) is 1.55. The summed E-state index contributed by atoms with van der Waals surface area (Å²) in [5.41, 5.74) is 0. The van der Waals surface area contributed by atoms with E-state index in [1.807, 2.05) is 20.8 Å². The molecule has 0 N–H and O–H groups in total. The highest BCUT2D eigenvalue weighted by atomic mass is 16.8. The Hall–Kier alpha value is -0.160. The number of rotatable bonds is 8. The lowest BCUT2D eigenvalue weighted by atomic mass is 10.5. The van der Waals surface area contributed by atoms with Crippen LogP contribution >= 0.6 is 0 Å². The van der Waals surface area contributed by atoms with E-state index in [-0.39, 0.29) is 0 Å². The molecule has 0 bridgehead atoms. The second-order valence-electron chi connectivity index (χ2n) is 2.21. The minimum atomic E-state index is -0.523. The van der Waals surface area contributed by atoms with E-state index in [0.717, 1.165) is 0 Å². The number of methoxy groups -OCH3 is 1. The summed E-state index contributed by atoms with van der Waals surface area (Å²) in [4.78, 5) is 0. The van der Waals surface area contributed by atoms with Crippen LogP contribution in [0.15, 0.2) is 0 Å². The van der Waals surface area contributed by atoms with Crippen molar-refractivity contribution >= 4 is 0 Å². The molecule has 0 saturated carbocycles. The zero-order chi connectivity index (χ0) is 10.1. The Morgan fingerprint density at radius 3 is 1.85 bits per heavy atom. The molecule has 79 valence electrons. The van der Waals surface area contributed by atoms with Crippen molar-refractivity contribution in [1.82, 2.24) is 0 Å². The number of hydrogen-bond donors (Lipinski definition) is 0. The van der Waals surface area contributed by atoms with Crippen LogP contribution in [-0.4, -0.2) is 33.2 Å². The Morgan fingerprint density at radius 1 is 1.00 bits per heavy atom. The maximum atomic E-state index is 5.25. The molecule has 1 radical (unpaired) electrons. The van der Waals surface area contributed by atoms with E-state index < -0.39 is 6.29 Å². The summed E-state index contributed by atoms with van der Waals surface area (Å²) < 4.78 is 20.8. The minimum absolute atomic E-state index is 0.398. The van der Waals surface area contributed by atoms with Gasteiger partial charge in [0.05, 0.1) is 0 Å². The van der Waals surface area contributed by atoms with E-state index in [2.05, 4.69) is 0 Å². The molecule has 4 nitrogen and oxygen atoms in total. The molecule has 1 unspecified atom stereocenters. The van der Waals surface area contributed by atoms with Crippen molar-refractivity contribution in [3.05, 3.63) is 6.29 Å². The predicted molar refractivity (Wildman–Crippen MR) is 48.9 cm³/mol. The normalized spacial score (nSPS) is 13.6. The van der Waals surface area contributed by atoms with Crippen LogP contribution in [-0.2, 0) is 18.9 Å². The molecule has 0 fully saturated rings. The molecule has 0 heterocycles. The fourth-order valence-electron chi connectivity index (χ4n) is 0.846. The van der Waals surface area contributed by atoms with Gasteiger partial charge in [0.2, 0.25) is 6.29 Å². The third-order valence-corrected chi connectivity index (χ3v) is 1.30. The minimum Gasteiger partial charge on any atom is -0.351 e. The second-order valence-corrected chi connectivity index (χ2v) is 2.21. The van der Waals surface area contributed by atoms with Crippen LogP contribution in [0.5, 0.6) is 0 Å². The van der Waals surface area contributed by atoms with Crippen LogP contribution < -0.4 is 0 Å². The molecule has 13 heavy (non-hydrogen) atoms. The first-order valence-electron chi connectivity index (χ1n) is 4.56. The van der Waals surface area contributed by atoms with Crippen molar-refractivity contribution in [3.63, 3.8) is 0 Å². The summed E-state index contributed by atoms with van der Waals surface area (Å²) >= 11 is 0. The monoisotopic (exact) mass is 191 g/mol. The third-order valence-electron chi connectivity index (χ3n) is 1.30. The summed E-state index contributed by atoms with van der Waals surface area (Å²) in [6, 6.07) is 0. The van der Waals surface area contributed by atoms with Crippen LogP contribution in [0.1, 0.15) is 20.8 Å². The molecule has 0 aromatic carbocycles. The number of ether oxygens (including phenoxy) is 4. The maximum Gasteiger partial charge on any atom is 0.282 e. The molecule has 0 saturated heterocycles. The van der Waals surface area contributed by atoms with Crippen LogP contribution in [0.3, 0.4) is 0 Å². The van der Waals surface area contributed by atoms with Gasteiger partial charge in [-0.05, 0) is 20.8 Å². The van der Waals surface area contributed by atoms with Gasteiger partial charge in [-0.2, -0.15) is 0 Å². The van der Waals surface area contributed by atoms with Gasteiger partial charge in [-0.1, -0.05) is 0 Å². The molecule has 0 aliphatic carbocycles. The lowest BCUT2D eigenvalue weighted by Crippen LogP contribution is -2.28. The van der Waals surface area contributed by atoms with Crippen molar-refractivity contribution in [2.24, 2.45) is 0 Å². The first-order chi connectivity index (χ1) is 6.29. The van der Waals surface area contributed by atoms with E-state index in [9.17, 15) is 0 Å². The highest BCUT2D eigenvalue weighted by molar-refractivity contribution is 4.70. The van der Waals surface area contributed by atoms with Crippen LogP contribution in [0.25, 0.3) is 0 Å². The van der Waals surface area contributed by atoms with Gasteiger partial charge in [0.25, 0.3) is 6.29 Å². The smallest absolute Gasteiger partial charge is 0.282 e. The predicted octanol–water partition coefficient (Wildman–Crippen LogP) is 1.56. The van der Waals surface area contributed by atoms with Gasteiger partial charge < -0.3 is 18.9 Å². The second kappa shape index (κ2) is 8.44. The van der Waals surface area contributed by atoms with Crippen molar-refractivity contribution < 1.29 is 18.9 Å². The summed E-state index contributed by atoms with van der Waals surface area (Å²) in [6.07, 6.45) is -0.126. The zero-order valence-electron chi connectivity index (χ0n) is 8.83. The molecule has 0 aliphatic rings. The van der Waals surface area contributed by atoms with Gasteiger partial charge in [0.1, 0.15) is 0 Å². The van der Waals surface area contributed by atoms with E-state index in [1.165, 1.54) is 0 Å². The summed E-state index contributed by atoms with van der Waals surface area (Å²) in [5, 5.41) is 0. The lowest BCUT2D eigenvalue weighted by molar-refractivity contribution is -0.209. The van der Waals surface area contributed by atoms with Crippen molar-refractivity contribution in [2.45, 2.75) is 27.1 Å². The Bertz CT molecular complexity index is 102.